The summed E-state index contributed by atoms with van der Waals surface area (Å²) in [6.07, 6.45) is 0. The molecule has 32 heavy (non-hydrogen) atoms. The number of ether oxygens (including phenoxy) is 2. The zero-order chi connectivity index (χ0) is 21.2. The summed E-state index contributed by atoms with van der Waals surface area (Å²) in [7, 11) is 0. The number of fused-ring (bicyclic) bond motifs is 3. The Kier molecular flexibility index (Phi) is 7.10. The molecule has 1 saturated heterocycles. The number of hydrogen-bond donors (Lipinski definition) is 1. The Bertz CT molecular complexity index is 937. The molecule has 2 atom stereocenters. The van der Waals surface area contributed by atoms with E-state index in [4.69, 9.17) is 9.47 Å². The number of halogens is 1. The van der Waals surface area contributed by atoms with Crippen molar-refractivity contribution in [3.63, 3.8) is 0 Å². The van der Waals surface area contributed by atoms with Gasteiger partial charge in [0, 0.05) is 63.5 Å². The fourth-order valence-electron chi connectivity index (χ4n) is 4.54. The maximum Gasteiger partial charge on any atom is 0.201 e. The predicted octanol–water partition coefficient (Wildman–Crippen LogP) is 1.86. The molecule has 0 spiro atoms. The van der Waals surface area contributed by atoms with E-state index in [0.29, 0.717) is 47.0 Å². The molecule has 3 aliphatic rings. The molecule has 0 aromatic heterocycles. The Balaban J connectivity index is 0.00000245. The van der Waals surface area contributed by atoms with Gasteiger partial charge in [0.15, 0.2) is 5.78 Å². The van der Waals surface area contributed by atoms with Crippen LogP contribution in [0.2, 0.25) is 0 Å². The highest BCUT2D eigenvalue weighted by molar-refractivity contribution is 6.30. The molecule has 8 heteroatoms. The molecule has 2 unspecified atom stereocenters. The number of carbonyl (C=O) groups excluding carboxylic acids is 2. The van der Waals surface area contributed by atoms with Crippen LogP contribution in [0, 0.1) is 0 Å². The van der Waals surface area contributed by atoms with E-state index in [1.54, 1.807) is 36.4 Å². The van der Waals surface area contributed by atoms with Crippen LogP contribution >= 0.6 is 12.4 Å². The first-order valence-electron chi connectivity index (χ1n) is 11.0. The quantitative estimate of drug-likeness (QED) is 0.552. The van der Waals surface area contributed by atoms with Crippen molar-refractivity contribution in [1.29, 1.82) is 0 Å². The van der Waals surface area contributed by atoms with E-state index in [0.717, 1.165) is 52.4 Å². The molecule has 1 aliphatic carbocycles. The number of ketones is 2. The minimum Gasteiger partial charge on any atom is -0.491 e. The van der Waals surface area contributed by atoms with Gasteiger partial charge in [-0.05, 0) is 12.1 Å². The SMILES string of the molecule is Cl.O=C1c2cccc3c2C(=O)c2c(cccc21)OCCN1CCNCCN(CCO3)CC1. The third kappa shape index (κ3) is 4.38. The fourth-order valence-corrected chi connectivity index (χ4v) is 4.54. The average Bonchev–Trinajstić information content (AvgIpc) is 2.89. The van der Waals surface area contributed by atoms with Gasteiger partial charge in [-0.3, -0.25) is 19.4 Å². The fraction of sp³-hybridized carbons (Fsp3) is 0.417. The van der Waals surface area contributed by atoms with Crippen LogP contribution in [-0.4, -0.2) is 86.9 Å². The monoisotopic (exact) mass is 457 g/mol. The molecule has 7 nitrogen and oxygen atoms in total. The molecule has 0 saturated carbocycles. The molecule has 2 aliphatic heterocycles. The Morgan fingerprint density at radius 2 is 1.16 bits per heavy atom. The Morgan fingerprint density at radius 1 is 0.656 bits per heavy atom. The lowest BCUT2D eigenvalue weighted by atomic mass is 9.83. The van der Waals surface area contributed by atoms with Crippen molar-refractivity contribution >= 4 is 24.0 Å². The summed E-state index contributed by atoms with van der Waals surface area (Å²) in [4.78, 5) is 31.5. The highest BCUT2D eigenvalue weighted by Gasteiger charge is 2.34. The van der Waals surface area contributed by atoms with Crippen LogP contribution in [0.25, 0.3) is 0 Å². The zero-order valence-corrected chi connectivity index (χ0v) is 18.8. The molecule has 2 aromatic carbocycles. The molecule has 1 fully saturated rings. The summed E-state index contributed by atoms with van der Waals surface area (Å²) in [5.74, 6) is 0.573. The lowest BCUT2D eigenvalue weighted by molar-refractivity contribution is 0.0971. The topological polar surface area (TPSA) is 71.1 Å². The van der Waals surface area contributed by atoms with Gasteiger partial charge in [-0.1, -0.05) is 24.3 Å². The minimum absolute atomic E-state index is 0. The zero-order valence-electron chi connectivity index (χ0n) is 18.0. The highest BCUT2D eigenvalue weighted by atomic mass is 35.5. The van der Waals surface area contributed by atoms with Gasteiger partial charge in [0.25, 0.3) is 0 Å². The maximum absolute atomic E-state index is 13.5. The van der Waals surface area contributed by atoms with E-state index in [9.17, 15) is 9.59 Å². The summed E-state index contributed by atoms with van der Waals surface area (Å²) in [6, 6.07) is 10.5. The summed E-state index contributed by atoms with van der Waals surface area (Å²) in [5.41, 5.74) is 1.50. The summed E-state index contributed by atoms with van der Waals surface area (Å²) in [5, 5.41) is 3.50. The third-order valence-electron chi connectivity index (χ3n) is 6.27. The van der Waals surface area contributed by atoms with Crippen LogP contribution < -0.4 is 14.8 Å². The largest absolute Gasteiger partial charge is 0.491 e. The molecular formula is C24H28ClN3O4. The van der Waals surface area contributed by atoms with Crippen LogP contribution in [0.5, 0.6) is 11.5 Å². The molecule has 0 radical (unpaired) electrons. The summed E-state index contributed by atoms with van der Waals surface area (Å²) < 4.78 is 12.1. The van der Waals surface area contributed by atoms with Crippen LogP contribution in [0.1, 0.15) is 31.8 Å². The third-order valence-corrected chi connectivity index (χ3v) is 6.27. The normalized spacial score (nSPS) is 23.2. The Labute approximate surface area is 194 Å². The molecule has 170 valence electrons. The van der Waals surface area contributed by atoms with Gasteiger partial charge < -0.3 is 14.8 Å². The molecule has 2 heterocycles. The second kappa shape index (κ2) is 10.0. The van der Waals surface area contributed by atoms with Crippen LogP contribution in [-0.2, 0) is 0 Å². The van der Waals surface area contributed by atoms with Gasteiger partial charge in [-0.2, -0.15) is 0 Å². The first-order chi connectivity index (χ1) is 15.2. The van der Waals surface area contributed by atoms with Crippen molar-refractivity contribution in [2.45, 2.75) is 0 Å². The number of benzene rings is 2. The number of nitrogens with zero attached hydrogens (tertiary/aromatic N) is 2. The Hall–Kier alpha value is -2.45. The van der Waals surface area contributed by atoms with Crippen molar-refractivity contribution in [2.75, 3.05) is 65.6 Å². The number of rotatable bonds is 0. The number of nitrogens with one attached hydrogen (secondary N) is 1. The van der Waals surface area contributed by atoms with Crippen LogP contribution in [0.3, 0.4) is 0 Å². The standard InChI is InChI=1S/C24H27N3O4.ClH/c28-23-17-3-1-5-19-21(17)24(29)22-18(23)4-2-6-20(22)31-16-14-27-10-8-25-7-9-26(11-12-27)13-15-30-19;/h1-6,25H,7-16H2;1H. The van der Waals surface area contributed by atoms with Crippen molar-refractivity contribution in [3.8, 4) is 11.5 Å². The van der Waals surface area contributed by atoms with Gasteiger partial charge in [-0.15, -0.1) is 12.4 Å². The van der Waals surface area contributed by atoms with Crippen molar-refractivity contribution in [3.05, 3.63) is 58.7 Å². The van der Waals surface area contributed by atoms with E-state index in [1.807, 2.05) is 0 Å². The maximum atomic E-state index is 13.5. The van der Waals surface area contributed by atoms with Crippen LogP contribution in [0.15, 0.2) is 36.4 Å². The number of hydrogen-bond acceptors (Lipinski definition) is 7. The lowest BCUT2D eigenvalue weighted by Gasteiger charge is -2.25. The average molecular weight is 458 g/mol. The second-order valence-corrected chi connectivity index (χ2v) is 8.15. The molecule has 0 amide bonds. The summed E-state index contributed by atoms with van der Waals surface area (Å²) in [6.45, 7) is 8.14. The van der Waals surface area contributed by atoms with E-state index in [-0.39, 0.29) is 24.0 Å². The van der Waals surface area contributed by atoms with Gasteiger partial charge >= 0.3 is 0 Å². The van der Waals surface area contributed by atoms with Crippen molar-refractivity contribution in [2.24, 2.45) is 0 Å². The first kappa shape index (κ1) is 22.7. The summed E-state index contributed by atoms with van der Waals surface area (Å²) >= 11 is 0. The van der Waals surface area contributed by atoms with Gasteiger partial charge in [0.1, 0.15) is 24.7 Å². The lowest BCUT2D eigenvalue weighted by Crippen LogP contribution is -2.39. The van der Waals surface area contributed by atoms with Gasteiger partial charge in [0.05, 0.1) is 11.1 Å². The van der Waals surface area contributed by atoms with Gasteiger partial charge in [-0.25, -0.2) is 0 Å². The minimum atomic E-state index is -0.204. The first-order valence-corrected chi connectivity index (χ1v) is 11.0. The van der Waals surface area contributed by atoms with Crippen LogP contribution in [0.4, 0.5) is 0 Å². The van der Waals surface area contributed by atoms with E-state index < -0.39 is 0 Å². The van der Waals surface area contributed by atoms with Gasteiger partial charge in [0.2, 0.25) is 5.78 Å². The van der Waals surface area contributed by atoms with Crippen molar-refractivity contribution in [1.82, 2.24) is 15.1 Å². The molecule has 4 bridgehead atoms. The molecule has 5 rings (SSSR count). The smallest absolute Gasteiger partial charge is 0.201 e. The molecular weight excluding hydrogens is 430 g/mol. The van der Waals surface area contributed by atoms with Crippen molar-refractivity contribution < 1.29 is 19.1 Å². The van der Waals surface area contributed by atoms with E-state index in [1.165, 1.54) is 0 Å². The van der Waals surface area contributed by atoms with E-state index in [2.05, 4.69) is 15.1 Å². The highest BCUT2D eigenvalue weighted by Crippen LogP contribution is 2.37. The predicted molar refractivity (Wildman–Crippen MR) is 124 cm³/mol. The number of carbonyl (C=O) groups is 2. The second-order valence-electron chi connectivity index (χ2n) is 8.15. The Morgan fingerprint density at radius 3 is 1.66 bits per heavy atom. The van der Waals surface area contributed by atoms with E-state index >= 15 is 0 Å². The molecule has 2 aromatic rings. The molecule has 1 N–H and O–H groups in total.